The van der Waals surface area contributed by atoms with Crippen LogP contribution in [-0.4, -0.2) is 33.2 Å². The summed E-state index contributed by atoms with van der Waals surface area (Å²) in [6, 6.07) is 2.64. The fraction of sp³-hybridized carbons (Fsp3) is 0.765. The van der Waals surface area contributed by atoms with Crippen molar-refractivity contribution in [2.45, 2.75) is 70.9 Å². The molecule has 1 aromatic heterocycles. The van der Waals surface area contributed by atoms with Gasteiger partial charge >= 0.3 is 0 Å². The first-order valence-corrected chi connectivity index (χ1v) is 8.53. The van der Waals surface area contributed by atoms with Crippen LogP contribution in [-0.2, 0) is 0 Å². The number of likely N-dealkylation sites (tertiary alicyclic amines) is 1. The van der Waals surface area contributed by atoms with Crippen LogP contribution in [0.5, 0.6) is 0 Å². The van der Waals surface area contributed by atoms with Crippen LogP contribution >= 0.6 is 0 Å². The van der Waals surface area contributed by atoms with E-state index in [-0.39, 0.29) is 5.91 Å². The van der Waals surface area contributed by atoms with Gasteiger partial charge in [-0.1, -0.05) is 19.3 Å². The highest BCUT2D eigenvalue weighted by Gasteiger charge is 2.35. The molecule has 0 N–H and O–H groups in total. The third-order valence-corrected chi connectivity index (χ3v) is 5.11. The molecule has 3 rings (SSSR count). The van der Waals surface area contributed by atoms with E-state index >= 15 is 0 Å². The molecule has 1 aromatic rings. The molecule has 0 unspecified atom stereocenters. The predicted molar refractivity (Wildman–Crippen MR) is 83.2 cm³/mol. The van der Waals surface area contributed by atoms with Gasteiger partial charge in [-0.05, 0) is 51.5 Å². The van der Waals surface area contributed by atoms with Crippen LogP contribution in [0.15, 0.2) is 12.3 Å². The fourth-order valence-electron chi connectivity index (χ4n) is 3.93. The Kier molecular flexibility index (Phi) is 4.32. The molecule has 1 amide bonds. The van der Waals surface area contributed by atoms with Crippen LogP contribution < -0.4 is 0 Å². The van der Waals surface area contributed by atoms with Gasteiger partial charge in [0.05, 0.1) is 0 Å². The molecule has 2 heterocycles. The molecule has 116 valence electrons. The van der Waals surface area contributed by atoms with Crippen LogP contribution in [0.3, 0.4) is 0 Å². The summed E-state index contributed by atoms with van der Waals surface area (Å²) in [6.45, 7) is 5.09. The van der Waals surface area contributed by atoms with E-state index in [9.17, 15) is 4.79 Å². The van der Waals surface area contributed by atoms with Crippen molar-refractivity contribution in [3.63, 3.8) is 0 Å². The number of amides is 1. The summed E-state index contributed by atoms with van der Waals surface area (Å²) in [6.07, 6.45) is 10.7. The third kappa shape index (κ3) is 2.99. The summed E-state index contributed by atoms with van der Waals surface area (Å²) >= 11 is 0. The van der Waals surface area contributed by atoms with Gasteiger partial charge < -0.3 is 4.90 Å². The van der Waals surface area contributed by atoms with Crippen LogP contribution in [0.2, 0.25) is 0 Å². The molecule has 1 saturated heterocycles. The summed E-state index contributed by atoms with van der Waals surface area (Å²) in [7, 11) is 0. The Balaban J connectivity index is 1.80. The number of hydrogen-bond acceptors (Lipinski definition) is 2. The van der Waals surface area contributed by atoms with E-state index in [0.29, 0.717) is 17.8 Å². The van der Waals surface area contributed by atoms with Gasteiger partial charge in [-0.3, -0.25) is 9.48 Å². The SMILES string of the molecule is CC(C)n1ccc(C(=O)N2CCCC[C@H]3CCCC[C@H]32)n1. The van der Waals surface area contributed by atoms with Gasteiger partial charge in [0.25, 0.3) is 5.91 Å². The van der Waals surface area contributed by atoms with Gasteiger partial charge in [-0.25, -0.2) is 0 Å². The lowest BCUT2D eigenvalue weighted by Gasteiger charge is -2.38. The molecule has 4 nitrogen and oxygen atoms in total. The lowest BCUT2D eigenvalue weighted by Crippen LogP contribution is -2.45. The highest BCUT2D eigenvalue weighted by atomic mass is 16.2. The minimum absolute atomic E-state index is 0.146. The zero-order valence-electron chi connectivity index (χ0n) is 13.3. The molecule has 0 spiro atoms. The van der Waals surface area contributed by atoms with Crippen LogP contribution in [0, 0.1) is 5.92 Å². The Morgan fingerprint density at radius 3 is 2.62 bits per heavy atom. The monoisotopic (exact) mass is 289 g/mol. The normalized spacial score (nSPS) is 26.5. The van der Waals surface area contributed by atoms with Crippen LogP contribution in [0.1, 0.15) is 75.3 Å². The lowest BCUT2D eigenvalue weighted by molar-refractivity contribution is 0.0562. The average molecular weight is 289 g/mol. The molecule has 2 aliphatic rings. The Hall–Kier alpha value is -1.32. The standard InChI is InChI=1S/C17H27N3O/c1-13(2)20-12-10-15(18-20)17(21)19-11-6-5-8-14-7-3-4-9-16(14)19/h10,12-14,16H,3-9,11H2,1-2H3/t14-,16-/m1/s1. The van der Waals surface area contributed by atoms with Gasteiger partial charge in [0.15, 0.2) is 0 Å². The number of nitrogens with zero attached hydrogens (tertiary/aromatic N) is 3. The summed E-state index contributed by atoms with van der Waals surface area (Å²) < 4.78 is 1.88. The number of hydrogen-bond donors (Lipinski definition) is 0. The maximum Gasteiger partial charge on any atom is 0.274 e. The number of rotatable bonds is 2. The van der Waals surface area contributed by atoms with Crippen molar-refractivity contribution in [2.75, 3.05) is 6.54 Å². The molecule has 21 heavy (non-hydrogen) atoms. The maximum absolute atomic E-state index is 12.9. The van der Waals surface area contributed by atoms with Crippen molar-refractivity contribution in [1.29, 1.82) is 0 Å². The molecule has 0 aromatic carbocycles. The molecular formula is C17H27N3O. The lowest BCUT2D eigenvalue weighted by atomic mass is 9.81. The molecule has 0 radical (unpaired) electrons. The van der Waals surface area contributed by atoms with E-state index in [0.717, 1.165) is 18.9 Å². The van der Waals surface area contributed by atoms with E-state index < -0.39 is 0 Å². The van der Waals surface area contributed by atoms with Crippen molar-refractivity contribution < 1.29 is 4.79 Å². The number of fused-ring (bicyclic) bond motifs is 1. The van der Waals surface area contributed by atoms with Crippen LogP contribution in [0.4, 0.5) is 0 Å². The number of carbonyl (C=O) groups excluding carboxylic acids is 1. The van der Waals surface area contributed by atoms with Crippen molar-refractivity contribution in [2.24, 2.45) is 5.92 Å². The zero-order chi connectivity index (χ0) is 14.8. The van der Waals surface area contributed by atoms with E-state index in [1.807, 2.05) is 16.9 Å². The number of carbonyl (C=O) groups is 1. The summed E-state index contributed by atoms with van der Waals surface area (Å²) in [5.74, 6) is 0.866. The molecule has 0 bridgehead atoms. The van der Waals surface area contributed by atoms with E-state index in [4.69, 9.17) is 0 Å². The van der Waals surface area contributed by atoms with E-state index in [1.165, 1.54) is 38.5 Å². The van der Waals surface area contributed by atoms with Gasteiger partial charge in [0, 0.05) is 24.8 Å². The number of aromatic nitrogens is 2. The largest absolute Gasteiger partial charge is 0.334 e. The molecule has 1 aliphatic heterocycles. The van der Waals surface area contributed by atoms with Crippen molar-refractivity contribution in [1.82, 2.24) is 14.7 Å². The van der Waals surface area contributed by atoms with Crippen molar-refractivity contribution in [3.8, 4) is 0 Å². The topological polar surface area (TPSA) is 38.1 Å². The Labute approximate surface area is 127 Å². The first kappa shape index (κ1) is 14.6. The molecule has 2 fully saturated rings. The minimum atomic E-state index is 0.146. The summed E-state index contributed by atoms with van der Waals surface area (Å²) in [5, 5.41) is 4.48. The highest BCUT2D eigenvalue weighted by molar-refractivity contribution is 5.92. The Morgan fingerprint density at radius 2 is 1.90 bits per heavy atom. The van der Waals surface area contributed by atoms with E-state index in [2.05, 4.69) is 23.8 Å². The van der Waals surface area contributed by atoms with Crippen LogP contribution in [0.25, 0.3) is 0 Å². The fourth-order valence-corrected chi connectivity index (χ4v) is 3.93. The van der Waals surface area contributed by atoms with E-state index in [1.54, 1.807) is 0 Å². The smallest absolute Gasteiger partial charge is 0.274 e. The van der Waals surface area contributed by atoms with Gasteiger partial charge in [0.1, 0.15) is 5.69 Å². The minimum Gasteiger partial charge on any atom is -0.334 e. The molecule has 1 aliphatic carbocycles. The molecule has 2 atom stereocenters. The molecular weight excluding hydrogens is 262 g/mol. The quantitative estimate of drug-likeness (QED) is 0.833. The van der Waals surface area contributed by atoms with Gasteiger partial charge in [-0.2, -0.15) is 5.10 Å². The second-order valence-electron chi connectivity index (χ2n) is 6.88. The first-order valence-electron chi connectivity index (χ1n) is 8.53. The van der Waals surface area contributed by atoms with Gasteiger partial charge in [-0.15, -0.1) is 0 Å². The molecule has 1 saturated carbocycles. The third-order valence-electron chi connectivity index (χ3n) is 5.11. The summed E-state index contributed by atoms with van der Waals surface area (Å²) in [4.78, 5) is 15.0. The predicted octanol–water partition coefficient (Wildman–Crippen LogP) is 3.65. The second-order valence-corrected chi connectivity index (χ2v) is 6.88. The second kappa shape index (κ2) is 6.20. The van der Waals surface area contributed by atoms with Gasteiger partial charge in [0.2, 0.25) is 0 Å². The Morgan fingerprint density at radius 1 is 1.19 bits per heavy atom. The average Bonchev–Trinajstić information content (AvgIpc) is 2.88. The first-order chi connectivity index (χ1) is 10.2. The highest BCUT2D eigenvalue weighted by Crippen LogP contribution is 2.35. The van der Waals surface area contributed by atoms with Crippen molar-refractivity contribution >= 4 is 5.91 Å². The maximum atomic E-state index is 12.9. The Bertz CT molecular complexity index is 494. The summed E-state index contributed by atoms with van der Waals surface area (Å²) in [5.41, 5.74) is 0.620. The zero-order valence-corrected chi connectivity index (χ0v) is 13.3. The molecule has 4 heteroatoms. The van der Waals surface area contributed by atoms with Crippen molar-refractivity contribution in [3.05, 3.63) is 18.0 Å².